The van der Waals surface area contributed by atoms with Crippen molar-refractivity contribution in [2.75, 3.05) is 23.4 Å². The van der Waals surface area contributed by atoms with E-state index in [9.17, 15) is 31.2 Å². The number of hydrogen-bond donors (Lipinski definition) is 2. The number of aryl methyl sites for hydroxylation is 1. The third-order valence-electron chi connectivity index (χ3n) is 6.07. The van der Waals surface area contributed by atoms with Crippen LogP contribution in [0.4, 0.5) is 18.9 Å². The molecule has 2 N–H and O–H groups in total. The minimum atomic E-state index is -4.66. The molecule has 4 rings (SSSR count). The lowest BCUT2D eigenvalue weighted by atomic mass is 9.98. The van der Waals surface area contributed by atoms with E-state index in [1.54, 1.807) is 13.8 Å². The summed E-state index contributed by atoms with van der Waals surface area (Å²) < 4.78 is 67.5. The van der Waals surface area contributed by atoms with Crippen LogP contribution in [0.3, 0.4) is 0 Å². The Hall–Kier alpha value is -3.36. The molecule has 2 aromatic heterocycles. The molecule has 0 unspecified atom stereocenters. The molecule has 3 aromatic rings. The van der Waals surface area contributed by atoms with E-state index in [0.717, 1.165) is 10.7 Å². The number of pyridine rings is 1. The van der Waals surface area contributed by atoms with Gasteiger partial charge in [0.2, 0.25) is 5.88 Å². The van der Waals surface area contributed by atoms with Gasteiger partial charge in [-0.25, -0.2) is 18.1 Å². The predicted octanol–water partition coefficient (Wildman–Crippen LogP) is 4.38. The molecule has 40 heavy (non-hydrogen) atoms. The Morgan fingerprint density at radius 3 is 2.48 bits per heavy atom. The predicted molar refractivity (Wildman–Crippen MR) is 141 cm³/mol. The average Bonchev–Trinajstić information content (AvgIpc) is 3.27. The SMILES string of the molecule is CCC1(NC(=O)c2cc(Cl)cc(C)c2NC(=O)c2cc(OCC(F)(F)F)nn2-c2ncccc2Cl)CS(=O)(=O)C1. The first-order valence-electron chi connectivity index (χ1n) is 11.7. The van der Waals surface area contributed by atoms with Gasteiger partial charge in [-0.15, -0.1) is 5.10 Å². The van der Waals surface area contributed by atoms with Crippen molar-refractivity contribution in [1.82, 2.24) is 20.1 Å². The summed E-state index contributed by atoms with van der Waals surface area (Å²) in [5.41, 5.74) is -0.891. The third-order valence-corrected chi connectivity index (χ3v) is 8.57. The number of nitrogens with zero attached hydrogens (tertiary/aromatic N) is 3. The maximum Gasteiger partial charge on any atom is 0.422 e. The Kier molecular flexibility index (Phi) is 8.07. The standard InChI is InChI=1S/C24H22Cl2F3N5O5S/c1-3-23(11-40(37,38)12-23)32-21(35)15-8-14(25)7-13(2)19(15)31-22(36)17-9-18(39-10-24(27,28)29)33-34(17)20-16(26)5-4-6-30-20/h4-9H,3,10-12H2,1-2H3,(H,31,36)(H,32,35). The fraction of sp³-hybridized carbons (Fsp3) is 0.333. The number of aromatic nitrogens is 3. The molecule has 16 heteroatoms. The van der Waals surface area contributed by atoms with Crippen LogP contribution in [0.1, 0.15) is 39.8 Å². The zero-order chi connectivity index (χ0) is 29.5. The van der Waals surface area contributed by atoms with Gasteiger partial charge in [0.1, 0.15) is 5.69 Å². The Labute approximate surface area is 236 Å². The third kappa shape index (κ3) is 6.50. The number of benzene rings is 1. The molecular formula is C24H22Cl2F3N5O5S. The van der Waals surface area contributed by atoms with E-state index in [0.29, 0.717) is 12.0 Å². The molecule has 10 nitrogen and oxygen atoms in total. The molecule has 2 amide bonds. The Morgan fingerprint density at radius 1 is 1.18 bits per heavy atom. The van der Waals surface area contributed by atoms with Crippen molar-refractivity contribution < 1.29 is 35.9 Å². The van der Waals surface area contributed by atoms with Crippen molar-refractivity contribution in [2.24, 2.45) is 0 Å². The number of hydrogen-bond acceptors (Lipinski definition) is 7. The van der Waals surface area contributed by atoms with Crippen LogP contribution in [0.25, 0.3) is 5.82 Å². The van der Waals surface area contributed by atoms with Crippen LogP contribution < -0.4 is 15.4 Å². The highest BCUT2D eigenvalue weighted by molar-refractivity contribution is 7.93. The number of halogens is 5. The number of rotatable bonds is 8. The van der Waals surface area contributed by atoms with Crippen molar-refractivity contribution >= 4 is 50.5 Å². The largest absolute Gasteiger partial charge is 0.467 e. The lowest BCUT2D eigenvalue weighted by Gasteiger charge is -2.41. The number of ether oxygens (including phenoxy) is 1. The fourth-order valence-corrected chi connectivity index (χ4v) is 6.81. The van der Waals surface area contributed by atoms with Gasteiger partial charge in [-0.05, 0) is 43.2 Å². The Balaban J connectivity index is 1.70. The maximum atomic E-state index is 13.5. The lowest BCUT2D eigenvalue weighted by Crippen LogP contribution is -2.65. The molecular weight excluding hydrogens is 598 g/mol. The van der Waals surface area contributed by atoms with Crippen LogP contribution in [0.5, 0.6) is 5.88 Å². The topological polar surface area (TPSA) is 132 Å². The number of anilines is 1. The molecule has 0 spiro atoms. The van der Waals surface area contributed by atoms with Gasteiger partial charge in [-0.1, -0.05) is 30.1 Å². The monoisotopic (exact) mass is 619 g/mol. The van der Waals surface area contributed by atoms with E-state index in [-0.39, 0.29) is 44.3 Å². The summed E-state index contributed by atoms with van der Waals surface area (Å²) in [4.78, 5) is 30.8. The van der Waals surface area contributed by atoms with Crippen molar-refractivity contribution in [3.05, 3.63) is 63.4 Å². The second kappa shape index (κ2) is 10.9. The number of carbonyl (C=O) groups is 2. The summed E-state index contributed by atoms with van der Waals surface area (Å²) in [5.74, 6) is -2.59. The van der Waals surface area contributed by atoms with Gasteiger partial charge in [0.25, 0.3) is 11.8 Å². The number of amides is 2. The molecule has 1 saturated heterocycles. The van der Waals surface area contributed by atoms with Gasteiger partial charge >= 0.3 is 6.18 Å². The number of sulfone groups is 1. The van der Waals surface area contributed by atoms with Crippen molar-refractivity contribution in [3.8, 4) is 11.7 Å². The van der Waals surface area contributed by atoms with Crippen LogP contribution >= 0.6 is 23.2 Å². The Morgan fingerprint density at radius 2 is 1.88 bits per heavy atom. The van der Waals surface area contributed by atoms with Gasteiger partial charge in [0.05, 0.1) is 33.3 Å². The molecule has 0 radical (unpaired) electrons. The van der Waals surface area contributed by atoms with Crippen molar-refractivity contribution in [1.29, 1.82) is 0 Å². The molecule has 1 aliphatic heterocycles. The summed E-state index contributed by atoms with van der Waals surface area (Å²) in [7, 11) is -3.28. The molecule has 0 saturated carbocycles. The van der Waals surface area contributed by atoms with E-state index < -0.39 is 45.9 Å². The first kappa shape index (κ1) is 29.6. The highest BCUT2D eigenvalue weighted by atomic mass is 35.5. The van der Waals surface area contributed by atoms with E-state index in [4.69, 9.17) is 27.9 Å². The minimum absolute atomic E-state index is 0.0398. The quantitative estimate of drug-likeness (QED) is 0.382. The highest BCUT2D eigenvalue weighted by Crippen LogP contribution is 2.31. The first-order chi connectivity index (χ1) is 18.6. The normalized spacial score (nSPS) is 15.7. The number of alkyl halides is 3. The highest BCUT2D eigenvalue weighted by Gasteiger charge is 2.48. The summed E-state index contributed by atoms with van der Waals surface area (Å²) in [6.45, 7) is 1.66. The van der Waals surface area contributed by atoms with Gasteiger partial charge in [-0.3, -0.25) is 9.59 Å². The summed E-state index contributed by atoms with van der Waals surface area (Å²) >= 11 is 12.4. The average molecular weight is 620 g/mol. The van der Waals surface area contributed by atoms with Crippen LogP contribution in [-0.2, 0) is 9.84 Å². The smallest absolute Gasteiger partial charge is 0.422 e. The summed E-state index contributed by atoms with van der Waals surface area (Å²) in [5, 5.41) is 9.48. The van der Waals surface area contributed by atoms with E-state index in [2.05, 4.69) is 20.7 Å². The Bertz CT molecular complexity index is 1580. The van der Waals surface area contributed by atoms with Gasteiger partial charge < -0.3 is 15.4 Å². The molecule has 0 atom stereocenters. The number of nitrogens with one attached hydrogen (secondary N) is 2. The molecule has 214 valence electrons. The fourth-order valence-electron chi connectivity index (χ4n) is 4.18. The zero-order valence-electron chi connectivity index (χ0n) is 21.0. The van der Waals surface area contributed by atoms with Gasteiger partial charge in [-0.2, -0.15) is 13.2 Å². The second-order valence-corrected chi connectivity index (χ2v) is 12.1. The van der Waals surface area contributed by atoms with Crippen LogP contribution in [0.2, 0.25) is 10.0 Å². The van der Waals surface area contributed by atoms with Gasteiger partial charge in [0.15, 0.2) is 22.3 Å². The lowest BCUT2D eigenvalue weighted by molar-refractivity contribution is -0.154. The first-order valence-corrected chi connectivity index (χ1v) is 14.2. The minimum Gasteiger partial charge on any atom is -0.467 e. The number of carbonyl (C=O) groups excluding carboxylic acids is 2. The van der Waals surface area contributed by atoms with Crippen molar-refractivity contribution in [3.63, 3.8) is 0 Å². The molecule has 1 aliphatic rings. The van der Waals surface area contributed by atoms with E-state index in [1.165, 1.54) is 30.5 Å². The molecule has 3 heterocycles. The van der Waals surface area contributed by atoms with E-state index in [1.807, 2.05) is 0 Å². The van der Waals surface area contributed by atoms with E-state index >= 15 is 0 Å². The second-order valence-electron chi connectivity index (χ2n) is 9.21. The van der Waals surface area contributed by atoms with Crippen molar-refractivity contribution in [2.45, 2.75) is 32.0 Å². The molecule has 1 aromatic carbocycles. The molecule has 1 fully saturated rings. The van der Waals surface area contributed by atoms with Crippen LogP contribution in [0, 0.1) is 6.92 Å². The maximum absolute atomic E-state index is 13.5. The summed E-state index contributed by atoms with van der Waals surface area (Å²) in [6.07, 6.45) is -2.96. The van der Waals surface area contributed by atoms with Crippen LogP contribution in [0.15, 0.2) is 36.5 Å². The van der Waals surface area contributed by atoms with Gasteiger partial charge in [0, 0.05) is 17.3 Å². The summed E-state index contributed by atoms with van der Waals surface area (Å²) in [6, 6.07) is 6.72. The zero-order valence-corrected chi connectivity index (χ0v) is 23.3. The van der Waals surface area contributed by atoms with Crippen LogP contribution in [-0.4, -0.2) is 64.8 Å². The molecule has 0 aliphatic carbocycles. The molecule has 0 bridgehead atoms.